The Hall–Kier alpha value is -1.55. The van der Waals surface area contributed by atoms with E-state index in [2.05, 4.69) is 31.9 Å². The van der Waals surface area contributed by atoms with E-state index in [1.165, 1.54) is 5.56 Å². The molecule has 4 nitrogen and oxygen atoms in total. The number of piperazine rings is 1. The first-order chi connectivity index (χ1) is 10.4. The smallest absolute Gasteiger partial charge is 0.227 e. The predicted octanol–water partition coefficient (Wildman–Crippen LogP) is 2.11. The highest BCUT2D eigenvalue weighted by molar-refractivity contribution is 5.79. The van der Waals surface area contributed by atoms with Crippen molar-refractivity contribution < 1.29 is 9.53 Å². The van der Waals surface area contributed by atoms with Crippen LogP contribution in [0, 0.1) is 0 Å². The lowest BCUT2D eigenvalue weighted by molar-refractivity contribution is -0.132. The van der Waals surface area contributed by atoms with Gasteiger partial charge in [-0.15, -0.1) is 0 Å². The summed E-state index contributed by atoms with van der Waals surface area (Å²) >= 11 is 0. The molecule has 0 bridgehead atoms. The molecule has 0 atom stereocenters. The molecular weight excluding hydrogens is 276 g/mol. The number of hydrogen-bond acceptors (Lipinski definition) is 3. The highest BCUT2D eigenvalue weighted by Gasteiger charge is 2.27. The molecule has 2 aliphatic heterocycles. The number of carbonyl (C=O) groups excluding carboxylic acids is 1. The van der Waals surface area contributed by atoms with Crippen LogP contribution in [0.4, 0.5) is 0 Å². The topological polar surface area (TPSA) is 32.8 Å². The number of amides is 1. The zero-order valence-electron chi connectivity index (χ0n) is 13.9. The van der Waals surface area contributed by atoms with Crippen LogP contribution in [0.5, 0.6) is 5.75 Å². The van der Waals surface area contributed by atoms with Gasteiger partial charge >= 0.3 is 0 Å². The monoisotopic (exact) mass is 302 g/mol. The molecule has 1 aromatic rings. The van der Waals surface area contributed by atoms with Crippen LogP contribution in [0.25, 0.3) is 0 Å². The summed E-state index contributed by atoms with van der Waals surface area (Å²) < 4.78 is 6.01. The normalized spacial score (nSPS) is 21.1. The summed E-state index contributed by atoms with van der Waals surface area (Å²) in [7, 11) is 2.10. The molecule has 1 saturated heterocycles. The Labute approximate surface area is 133 Å². The van der Waals surface area contributed by atoms with E-state index >= 15 is 0 Å². The van der Waals surface area contributed by atoms with Crippen LogP contribution in [0.2, 0.25) is 0 Å². The average Bonchev–Trinajstić information content (AvgIpc) is 2.47. The molecule has 3 rings (SSSR count). The molecule has 1 fully saturated rings. The summed E-state index contributed by atoms with van der Waals surface area (Å²) in [4.78, 5) is 16.7. The Morgan fingerprint density at radius 2 is 1.95 bits per heavy atom. The molecule has 1 aromatic carbocycles. The number of carbonyl (C=O) groups is 1. The molecule has 0 aromatic heterocycles. The van der Waals surface area contributed by atoms with Gasteiger partial charge in [-0.2, -0.15) is 0 Å². The Kier molecular flexibility index (Phi) is 4.13. The quantitative estimate of drug-likeness (QED) is 0.839. The third-order valence-electron chi connectivity index (χ3n) is 4.72. The highest BCUT2D eigenvalue weighted by Crippen LogP contribution is 2.33. The van der Waals surface area contributed by atoms with Crippen LogP contribution in [0.3, 0.4) is 0 Å². The van der Waals surface area contributed by atoms with Crippen molar-refractivity contribution in [1.29, 1.82) is 0 Å². The van der Waals surface area contributed by atoms with E-state index in [0.29, 0.717) is 6.42 Å². The molecule has 0 N–H and O–H groups in total. The number of fused-ring (bicyclic) bond motifs is 1. The van der Waals surface area contributed by atoms with Gasteiger partial charge < -0.3 is 14.5 Å². The van der Waals surface area contributed by atoms with Crippen molar-refractivity contribution in [2.45, 2.75) is 38.7 Å². The Morgan fingerprint density at radius 1 is 1.23 bits per heavy atom. The summed E-state index contributed by atoms with van der Waals surface area (Å²) in [6.45, 7) is 7.88. The maximum absolute atomic E-state index is 12.4. The fraction of sp³-hybridized carbons (Fsp3) is 0.611. The first-order valence-electron chi connectivity index (χ1n) is 8.20. The van der Waals surface area contributed by atoms with Gasteiger partial charge in [0.2, 0.25) is 5.91 Å². The number of hydrogen-bond donors (Lipinski definition) is 0. The van der Waals surface area contributed by atoms with Gasteiger partial charge in [-0.3, -0.25) is 4.79 Å². The summed E-state index contributed by atoms with van der Waals surface area (Å²) in [6, 6.07) is 6.22. The Balaban J connectivity index is 1.65. The SMILES string of the molecule is CN1CCN(C(=O)Cc2ccc3c(c2)CCC(C)(C)O3)CC1. The van der Waals surface area contributed by atoms with Crippen molar-refractivity contribution in [2.24, 2.45) is 0 Å². The van der Waals surface area contributed by atoms with Crippen LogP contribution in [-0.2, 0) is 17.6 Å². The molecule has 2 aliphatic rings. The highest BCUT2D eigenvalue weighted by atomic mass is 16.5. The fourth-order valence-electron chi connectivity index (χ4n) is 3.16. The van der Waals surface area contributed by atoms with Crippen molar-refractivity contribution in [3.05, 3.63) is 29.3 Å². The second kappa shape index (κ2) is 5.92. The lowest BCUT2D eigenvalue weighted by Crippen LogP contribution is -2.47. The Bertz CT molecular complexity index is 560. The van der Waals surface area contributed by atoms with Crippen molar-refractivity contribution >= 4 is 5.91 Å². The average molecular weight is 302 g/mol. The molecule has 1 amide bonds. The van der Waals surface area contributed by atoms with E-state index < -0.39 is 0 Å². The second-order valence-electron chi connectivity index (χ2n) is 7.16. The lowest BCUT2D eigenvalue weighted by Gasteiger charge is -2.33. The molecule has 0 spiro atoms. The van der Waals surface area contributed by atoms with E-state index in [4.69, 9.17) is 4.74 Å². The summed E-state index contributed by atoms with van der Waals surface area (Å²) in [6.07, 6.45) is 2.55. The molecule has 0 unspecified atom stereocenters. The lowest BCUT2D eigenvalue weighted by atomic mass is 9.93. The van der Waals surface area contributed by atoms with E-state index in [1.807, 2.05) is 17.0 Å². The molecule has 0 aliphatic carbocycles. The van der Waals surface area contributed by atoms with Crippen molar-refractivity contribution in [2.75, 3.05) is 33.2 Å². The third-order valence-corrected chi connectivity index (χ3v) is 4.72. The standard InChI is InChI=1S/C18H26N2O2/c1-18(2)7-6-15-12-14(4-5-16(15)22-18)13-17(21)20-10-8-19(3)9-11-20/h4-5,12H,6-11,13H2,1-3H3. The van der Waals surface area contributed by atoms with Gasteiger partial charge in [-0.25, -0.2) is 0 Å². The molecule has 4 heteroatoms. The maximum atomic E-state index is 12.4. The van der Waals surface area contributed by atoms with Crippen LogP contribution >= 0.6 is 0 Å². The molecule has 0 saturated carbocycles. The van der Waals surface area contributed by atoms with E-state index in [0.717, 1.165) is 50.3 Å². The summed E-state index contributed by atoms with van der Waals surface area (Å²) in [5.41, 5.74) is 2.26. The van der Waals surface area contributed by atoms with Crippen LogP contribution in [0.1, 0.15) is 31.4 Å². The zero-order chi connectivity index (χ0) is 15.7. The fourth-order valence-corrected chi connectivity index (χ4v) is 3.16. The van der Waals surface area contributed by atoms with Gasteiger partial charge in [0, 0.05) is 26.2 Å². The van der Waals surface area contributed by atoms with Gasteiger partial charge in [0.25, 0.3) is 0 Å². The number of likely N-dealkylation sites (N-methyl/N-ethyl adjacent to an activating group) is 1. The first-order valence-corrected chi connectivity index (χ1v) is 8.20. The molecule has 0 radical (unpaired) electrons. The van der Waals surface area contributed by atoms with Crippen molar-refractivity contribution in [1.82, 2.24) is 9.80 Å². The number of rotatable bonds is 2. The molecule has 22 heavy (non-hydrogen) atoms. The minimum Gasteiger partial charge on any atom is -0.488 e. The first kappa shape index (κ1) is 15.3. The second-order valence-corrected chi connectivity index (χ2v) is 7.16. The van der Waals surface area contributed by atoms with E-state index in [9.17, 15) is 4.79 Å². The van der Waals surface area contributed by atoms with Gasteiger partial charge in [-0.1, -0.05) is 12.1 Å². The number of benzene rings is 1. The number of ether oxygens (including phenoxy) is 1. The molecular formula is C18H26N2O2. The number of nitrogens with zero attached hydrogens (tertiary/aromatic N) is 2. The predicted molar refractivity (Wildman–Crippen MR) is 87.3 cm³/mol. The van der Waals surface area contributed by atoms with Gasteiger partial charge in [0.15, 0.2) is 0 Å². The van der Waals surface area contributed by atoms with Crippen LogP contribution in [-0.4, -0.2) is 54.5 Å². The molecule has 2 heterocycles. The largest absolute Gasteiger partial charge is 0.488 e. The molecule has 120 valence electrons. The zero-order valence-corrected chi connectivity index (χ0v) is 13.9. The number of aryl methyl sites for hydroxylation is 1. The minimum absolute atomic E-state index is 0.0792. The summed E-state index contributed by atoms with van der Waals surface area (Å²) in [5.74, 6) is 1.22. The maximum Gasteiger partial charge on any atom is 0.227 e. The third kappa shape index (κ3) is 3.43. The van der Waals surface area contributed by atoms with Gasteiger partial charge in [0.1, 0.15) is 11.4 Å². The van der Waals surface area contributed by atoms with E-state index in [-0.39, 0.29) is 11.5 Å². The Morgan fingerprint density at radius 3 is 2.68 bits per heavy atom. The minimum atomic E-state index is -0.0792. The van der Waals surface area contributed by atoms with Gasteiger partial charge in [-0.05, 0) is 50.9 Å². The van der Waals surface area contributed by atoms with Crippen LogP contribution < -0.4 is 4.74 Å². The summed E-state index contributed by atoms with van der Waals surface area (Å²) in [5, 5.41) is 0. The van der Waals surface area contributed by atoms with E-state index in [1.54, 1.807) is 0 Å². The van der Waals surface area contributed by atoms with Crippen molar-refractivity contribution in [3.8, 4) is 5.75 Å². The van der Waals surface area contributed by atoms with Crippen LogP contribution in [0.15, 0.2) is 18.2 Å². The van der Waals surface area contributed by atoms with Crippen molar-refractivity contribution in [3.63, 3.8) is 0 Å². The van der Waals surface area contributed by atoms with Gasteiger partial charge in [0.05, 0.1) is 6.42 Å².